The van der Waals surface area contributed by atoms with Gasteiger partial charge in [0.15, 0.2) is 11.5 Å². The summed E-state index contributed by atoms with van der Waals surface area (Å²) < 4.78 is 10.0. The molecule has 1 aromatic carbocycles. The summed E-state index contributed by atoms with van der Waals surface area (Å²) in [5.74, 6) is 0.113. The van der Waals surface area contributed by atoms with Gasteiger partial charge in [0.1, 0.15) is 0 Å². The summed E-state index contributed by atoms with van der Waals surface area (Å²) in [6.45, 7) is 6.10. The molecule has 18 heavy (non-hydrogen) atoms. The maximum absolute atomic E-state index is 11.5. The van der Waals surface area contributed by atoms with Crippen molar-refractivity contribution in [1.29, 1.82) is 0 Å². The summed E-state index contributed by atoms with van der Waals surface area (Å²) in [5.41, 5.74) is 3.39. The van der Waals surface area contributed by atoms with Crippen molar-refractivity contribution in [2.24, 2.45) is 0 Å². The van der Waals surface area contributed by atoms with Gasteiger partial charge in [0.2, 0.25) is 0 Å². The van der Waals surface area contributed by atoms with Gasteiger partial charge >= 0.3 is 5.97 Å². The van der Waals surface area contributed by atoms with E-state index in [-0.39, 0.29) is 5.69 Å². The zero-order valence-corrected chi connectivity index (χ0v) is 10.7. The smallest absolute Gasteiger partial charge is 0.360 e. The lowest BCUT2D eigenvalue weighted by Crippen LogP contribution is -2.04. The van der Waals surface area contributed by atoms with Gasteiger partial charge in [0.05, 0.1) is 6.61 Å². The normalized spacial score (nSPS) is 10.4. The maximum atomic E-state index is 11.5. The molecule has 0 fully saturated rings. The monoisotopic (exact) mass is 245 g/mol. The Labute approximate surface area is 106 Å². The molecule has 0 spiro atoms. The van der Waals surface area contributed by atoms with Gasteiger partial charge in [-0.1, -0.05) is 22.3 Å². The summed E-state index contributed by atoms with van der Waals surface area (Å²) in [4.78, 5) is 11.5. The van der Waals surface area contributed by atoms with Gasteiger partial charge in [-0.2, -0.15) is 0 Å². The highest BCUT2D eigenvalue weighted by Gasteiger charge is 2.14. The third-order valence-corrected chi connectivity index (χ3v) is 2.50. The molecular formula is C14H15NO3. The molecule has 0 saturated carbocycles. The molecule has 0 aliphatic carbocycles. The molecule has 0 radical (unpaired) electrons. The molecule has 0 N–H and O–H groups in total. The van der Waals surface area contributed by atoms with Gasteiger partial charge in [0, 0.05) is 11.6 Å². The molecule has 94 valence electrons. The van der Waals surface area contributed by atoms with Crippen molar-refractivity contribution in [2.75, 3.05) is 6.61 Å². The number of aryl methyl sites for hydroxylation is 2. The fourth-order valence-corrected chi connectivity index (χ4v) is 1.83. The minimum absolute atomic E-state index is 0.200. The lowest BCUT2D eigenvalue weighted by molar-refractivity contribution is 0.0514. The summed E-state index contributed by atoms with van der Waals surface area (Å²) in [6.07, 6.45) is 0. The van der Waals surface area contributed by atoms with Crippen LogP contribution in [0.4, 0.5) is 0 Å². The Morgan fingerprint density at radius 3 is 2.50 bits per heavy atom. The third kappa shape index (κ3) is 2.59. The van der Waals surface area contributed by atoms with Crippen LogP contribution in [0, 0.1) is 13.8 Å². The second kappa shape index (κ2) is 5.04. The number of carbonyl (C=O) groups is 1. The van der Waals surface area contributed by atoms with Crippen LogP contribution in [0.3, 0.4) is 0 Å². The van der Waals surface area contributed by atoms with Crippen LogP contribution in [0.25, 0.3) is 11.3 Å². The fourth-order valence-electron chi connectivity index (χ4n) is 1.83. The van der Waals surface area contributed by atoms with E-state index in [2.05, 4.69) is 11.2 Å². The van der Waals surface area contributed by atoms with Crippen molar-refractivity contribution in [3.05, 3.63) is 41.1 Å². The molecule has 4 nitrogen and oxygen atoms in total. The fraction of sp³-hybridized carbons (Fsp3) is 0.286. The number of nitrogens with zero attached hydrogens (tertiary/aromatic N) is 1. The van der Waals surface area contributed by atoms with Crippen LogP contribution in [0.1, 0.15) is 28.5 Å². The molecule has 0 unspecified atom stereocenters. The molecule has 1 aromatic heterocycles. The molecule has 0 bridgehead atoms. The van der Waals surface area contributed by atoms with Gasteiger partial charge in [-0.05, 0) is 32.9 Å². The van der Waals surface area contributed by atoms with Crippen LogP contribution in [0.15, 0.2) is 28.8 Å². The highest BCUT2D eigenvalue weighted by atomic mass is 16.5. The SMILES string of the molecule is CCOC(=O)c1cc(-c2cc(C)cc(C)c2)on1. The first-order valence-electron chi connectivity index (χ1n) is 5.82. The molecule has 2 aromatic rings. The highest BCUT2D eigenvalue weighted by molar-refractivity contribution is 5.88. The van der Waals surface area contributed by atoms with Crippen molar-refractivity contribution >= 4 is 5.97 Å². The molecule has 0 saturated heterocycles. The molecule has 0 aliphatic heterocycles. The minimum atomic E-state index is -0.461. The first-order valence-corrected chi connectivity index (χ1v) is 5.82. The molecule has 1 heterocycles. The van der Waals surface area contributed by atoms with Gasteiger partial charge in [0.25, 0.3) is 0 Å². The van der Waals surface area contributed by atoms with Crippen molar-refractivity contribution < 1.29 is 14.1 Å². The second-order valence-corrected chi connectivity index (χ2v) is 4.17. The van der Waals surface area contributed by atoms with Crippen LogP contribution in [0.2, 0.25) is 0 Å². The van der Waals surface area contributed by atoms with E-state index in [0.29, 0.717) is 12.4 Å². The van der Waals surface area contributed by atoms with E-state index in [1.807, 2.05) is 26.0 Å². The number of aromatic nitrogens is 1. The number of rotatable bonds is 3. The summed E-state index contributed by atoms with van der Waals surface area (Å²) >= 11 is 0. The average Bonchev–Trinajstić information content (AvgIpc) is 2.77. The van der Waals surface area contributed by atoms with E-state index >= 15 is 0 Å². The second-order valence-electron chi connectivity index (χ2n) is 4.17. The maximum Gasteiger partial charge on any atom is 0.360 e. The Balaban J connectivity index is 2.32. The van der Waals surface area contributed by atoms with E-state index in [9.17, 15) is 4.79 Å². The molecule has 0 aliphatic rings. The number of esters is 1. The van der Waals surface area contributed by atoms with Crippen LogP contribution in [-0.2, 0) is 4.74 Å². The number of hydrogen-bond donors (Lipinski definition) is 0. The van der Waals surface area contributed by atoms with E-state index in [0.717, 1.165) is 16.7 Å². The quantitative estimate of drug-likeness (QED) is 0.779. The first-order chi connectivity index (χ1) is 8.60. The number of benzene rings is 1. The minimum Gasteiger partial charge on any atom is -0.461 e. The largest absolute Gasteiger partial charge is 0.461 e. The number of hydrogen-bond acceptors (Lipinski definition) is 4. The molecule has 2 rings (SSSR count). The summed E-state index contributed by atoms with van der Waals surface area (Å²) in [7, 11) is 0. The predicted octanol–water partition coefficient (Wildman–Crippen LogP) is 3.14. The third-order valence-electron chi connectivity index (χ3n) is 2.50. The van der Waals surface area contributed by atoms with Crippen molar-refractivity contribution in [3.63, 3.8) is 0 Å². The summed E-state index contributed by atoms with van der Waals surface area (Å²) in [5, 5.41) is 3.72. The predicted molar refractivity (Wildman–Crippen MR) is 67.4 cm³/mol. The Kier molecular flexibility index (Phi) is 3.46. The van der Waals surface area contributed by atoms with Gasteiger partial charge in [-0.15, -0.1) is 0 Å². The first kappa shape index (κ1) is 12.4. The standard InChI is InChI=1S/C14H15NO3/c1-4-17-14(16)12-8-13(18-15-12)11-6-9(2)5-10(3)7-11/h5-8H,4H2,1-3H3. The topological polar surface area (TPSA) is 52.3 Å². The van der Waals surface area contributed by atoms with Crippen LogP contribution < -0.4 is 0 Å². The summed E-state index contributed by atoms with van der Waals surface area (Å²) in [6, 6.07) is 7.66. The van der Waals surface area contributed by atoms with Gasteiger partial charge < -0.3 is 9.26 Å². The number of carbonyl (C=O) groups excluding carboxylic acids is 1. The van der Waals surface area contributed by atoms with Crippen LogP contribution in [0.5, 0.6) is 0 Å². The lowest BCUT2D eigenvalue weighted by atomic mass is 10.1. The van der Waals surface area contributed by atoms with Crippen LogP contribution >= 0.6 is 0 Å². The molecule has 4 heteroatoms. The Morgan fingerprint density at radius 2 is 1.89 bits per heavy atom. The number of ether oxygens (including phenoxy) is 1. The zero-order chi connectivity index (χ0) is 13.1. The van der Waals surface area contributed by atoms with Gasteiger partial charge in [-0.3, -0.25) is 0 Å². The molecule has 0 atom stereocenters. The van der Waals surface area contributed by atoms with Crippen molar-refractivity contribution in [2.45, 2.75) is 20.8 Å². The molecule has 0 amide bonds. The van der Waals surface area contributed by atoms with E-state index in [1.165, 1.54) is 0 Å². The Morgan fingerprint density at radius 1 is 1.22 bits per heavy atom. The highest BCUT2D eigenvalue weighted by Crippen LogP contribution is 2.23. The Hall–Kier alpha value is -2.10. The van der Waals surface area contributed by atoms with Crippen LogP contribution in [-0.4, -0.2) is 17.7 Å². The Bertz CT molecular complexity index is 552. The zero-order valence-electron chi connectivity index (χ0n) is 10.7. The van der Waals surface area contributed by atoms with Crippen molar-refractivity contribution in [3.8, 4) is 11.3 Å². The molecular weight excluding hydrogens is 230 g/mol. The van der Waals surface area contributed by atoms with E-state index < -0.39 is 5.97 Å². The van der Waals surface area contributed by atoms with Crippen molar-refractivity contribution in [1.82, 2.24) is 5.16 Å². The van der Waals surface area contributed by atoms with E-state index in [1.54, 1.807) is 13.0 Å². The average molecular weight is 245 g/mol. The van der Waals surface area contributed by atoms with E-state index in [4.69, 9.17) is 9.26 Å². The lowest BCUT2D eigenvalue weighted by Gasteiger charge is -2.00. The van der Waals surface area contributed by atoms with Gasteiger partial charge in [-0.25, -0.2) is 4.79 Å².